The fraction of sp³-hybridized carbons (Fsp3) is 0.500. The molecular formula is C14H20FNOS. The monoisotopic (exact) mass is 269 g/mol. The Morgan fingerprint density at radius 2 is 2.11 bits per heavy atom. The van der Waals surface area contributed by atoms with Crippen molar-refractivity contribution in [2.45, 2.75) is 33.6 Å². The Morgan fingerprint density at radius 3 is 2.67 bits per heavy atom. The van der Waals surface area contributed by atoms with Crippen molar-refractivity contribution in [1.29, 1.82) is 0 Å². The van der Waals surface area contributed by atoms with Crippen LogP contribution in [-0.4, -0.2) is 11.6 Å². The molecule has 0 aliphatic heterocycles. The van der Waals surface area contributed by atoms with Gasteiger partial charge in [-0.05, 0) is 43.5 Å². The van der Waals surface area contributed by atoms with Crippen molar-refractivity contribution < 1.29 is 9.13 Å². The van der Waals surface area contributed by atoms with Gasteiger partial charge in [-0.3, -0.25) is 0 Å². The van der Waals surface area contributed by atoms with Gasteiger partial charge in [-0.1, -0.05) is 26.1 Å². The first-order chi connectivity index (χ1) is 8.33. The van der Waals surface area contributed by atoms with E-state index in [1.54, 1.807) is 19.1 Å². The molecule has 2 N–H and O–H groups in total. The maximum Gasteiger partial charge on any atom is 0.126 e. The van der Waals surface area contributed by atoms with Crippen LogP contribution >= 0.6 is 12.2 Å². The smallest absolute Gasteiger partial charge is 0.126 e. The summed E-state index contributed by atoms with van der Waals surface area (Å²) < 4.78 is 18.6. The van der Waals surface area contributed by atoms with Crippen LogP contribution in [0.25, 0.3) is 0 Å². The predicted molar refractivity (Wildman–Crippen MR) is 76.4 cm³/mol. The van der Waals surface area contributed by atoms with Crippen LogP contribution in [0.3, 0.4) is 0 Å². The van der Waals surface area contributed by atoms with Crippen LogP contribution in [-0.2, 0) is 0 Å². The fourth-order valence-corrected chi connectivity index (χ4v) is 1.64. The van der Waals surface area contributed by atoms with E-state index in [1.807, 2.05) is 13.8 Å². The van der Waals surface area contributed by atoms with Crippen LogP contribution in [0.2, 0.25) is 0 Å². The van der Waals surface area contributed by atoms with Gasteiger partial charge in [0.25, 0.3) is 0 Å². The van der Waals surface area contributed by atoms with Crippen LogP contribution in [0, 0.1) is 18.2 Å². The molecule has 1 aromatic carbocycles. The van der Waals surface area contributed by atoms with Gasteiger partial charge in [-0.25, -0.2) is 4.39 Å². The Morgan fingerprint density at radius 1 is 1.44 bits per heavy atom. The molecule has 0 heterocycles. The van der Waals surface area contributed by atoms with Gasteiger partial charge in [0.1, 0.15) is 11.6 Å². The second-order valence-corrected chi connectivity index (χ2v) is 5.55. The van der Waals surface area contributed by atoms with Crippen molar-refractivity contribution in [2.75, 3.05) is 6.61 Å². The van der Waals surface area contributed by atoms with E-state index < -0.39 is 0 Å². The Balaban J connectivity index is 2.38. The van der Waals surface area contributed by atoms with E-state index in [0.29, 0.717) is 22.9 Å². The summed E-state index contributed by atoms with van der Waals surface area (Å²) in [6, 6.07) is 4.76. The van der Waals surface area contributed by atoms with E-state index in [9.17, 15) is 4.39 Å². The van der Waals surface area contributed by atoms with Crippen LogP contribution in [0.4, 0.5) is 4.39 Å². The van der Waals surface area contributed by atoms with Crippen molar-refractivity contribution in [3.63, 3.8) is 0 Å². The van der Waals surface area contributed by atoms with Crippen LogP contribution < -0.4 is 10.5 Å². The van der Waals surface area contributed by atoms with E-state index >= 15 is 0 Å². The van der Waals surface area contributed by atoms with Crippen LogP contribution in [0.5, 0.6) is 5.75 Å². The van der Waals surface area contributed by atoms with Crippen LogP contribution in [0.15, 0.2) is 18.2 Å². The number of benzene rings is 1. The standard InChI is InChI=1S/C14H20FNOS/c1-10-9-11(5-6-12(10)15)17-8-4-7-14(2,3)13(16)18/h5-6,9H,4,7-8H2,1-3H3,(H2,16,18). The van der Waals surface area contributed by atoms with E-state index in [1.165, 1.54) is 6.07 Å². The number of hydrogen-bond acceptors (Lipinski definition) is 2. The molecule has 0 radical (unpaired) electrons. The minimum Gasteiger partial charge on any atom is -0.494 e. The lowest BCUT2D eigenvalue weighted by atomic mass is 9.88. The number of rotatable bonds is 6. The van der Waals surface area contributed by atoms with Crippen molar-refractivity contribution in [2.24, 2.45) is 11.1 Å². The van der Waals surface area contributed by atoms with Gasteiger partial charge < -0.3 is 10.5 Å². The largest absolute Gasteiger partial charge is 0.494 e. The zero-order valence-corrected chi connectivity index (χ0v) is 11.9. The molecule has 0 fully saturated rings. The van der Waals surface area contributed by atoms with E-state index in [-0.39, 0.29) is 11.2 Å². The first-order valence-electron chi connectivity index (χ1n) is 6.02. The molecule has 0 atom stereocenters. The number of thiocarbonyl (C=S) groups is 1. The third-order valence-electron chi connectivity index (χ3n) is 3.01. The first kappa shape index (κ1) is 14.9. The predicted octanol–water partition coefficient (Wildman–Crippen LogP) is 3.61. The summed E-state index contributed by atoms with van der Waals surface area (Å²) in [5.74, 6) is 0.485. The maximum absolute atomic E-state index is 13.0. The maximum atomic E-state index is 13.0. The normalized spacial score (nSPS) is 11.3. The van der Waals surface area contributed by atoms with Crippen LogP contribution in [0.1, 0.15) is 32.3 Å². The SMILES string of the molecule is Cc1cc(OCCCC(C)(C)C(N)=S)ccc1F. The van der Waals surface area contributed by atoms with E-state index in [0.717, 1.165) is 12.8 Å². The van der Waals surface area contributed by atoms with Gasteiger partial charge in [0, 0.05) is 5.41 Å². The molecule has 0 spiro atoms. The first-order valence-corrected chi connectivity index (χ1v) is 6.42. The summed E-state index contributed by atoms with van der Waals surface area (Å²) >= 11 is 5.00. The summed E-state index contributed by atoms with van der Waals surface area (Å²) in [5, 5.41) is 0. The number of hydrogen-bond donors (Lipinski definition) is 1. The molecule has 2 nitrogen and oxygen atoms in total. The molecule has 0 saturated carbocycles. The minimum atomic E-state index is -0.211. The summed E-state index contributed by atoms with van der Waals surface area (Å²) in [6.45, 7) is 6.35. The Labute approximate surface area is 113 Å². The van der Waals surface area contributed by atoms with Gasteiger partial charge in [0.15, 0.2) is 0 Å². The van der Waals surface area contributed by atoms with Crippen molar-refractivity contribution in [3.05, 3.63) is 29.6 Å². The van der Waals surface area contributed by atoms with Gasteiger partial charge >= 0.3 is 0 Å². The minimum absolute atomic E-state index is 0.141. The van der Waals surface area contributed by atoms with Gasteiger partial charge in [-0.2, -0.15) is 0 Å². The zero-order chi connectivity index (χ0) is 13.8. The highest BCUT2D eigenvalue weighted by Crippen LogP contribution is 2.23. The summed E-state index contributed by atoms with van der Waals surface area (Å²) in [7, 11) is 0. The third-order valence-corrected chi connectivity index (χ3v) is 3.56. The lowest BCUT2D eigenvalue weighted by Crippen LogP contribution is -2.30. The number of ether oxygens (including phenoxy) is 1. The number of aryl methyl sites for hydroxylation is 1. The van der Waals surface area contributed by atoms with E-state index in [2.05, 4.69) is 0 Å². The molecule has 1 aromatic rings. The fourth-order valence-electron chi connectivity index (χ4n) is 1.53. The highest BCUT2D eigenvalue weighted by atomic mass is 32.1. The molecule has 0 unspecified atom stereocenters. The van der Waals surface area contributed by atoms with Crippen molar-refractivity contribution >= 4 is 17.2 Å². The summed E-state index contributed by atoms with van der Waals surface area (Å²) in [4.78, 5) is 0.528. The molecular weight excluding hydrogens is 249 g/mol. The van der Waals surface area contributed by atoms with Gasteiger partial charge in [0.2, 0.25) is 0 Å². The van der Waals surface area contributed by atoms with Crippen molar-refractivity contribution in [3.8, 4) is 5.75 Å². The van der Waals surface area contributed by atoms with Gasteiger partial charge in [0.05, 0.1) is 11.6 Å². The topological polar surface area (TPSA) is 35.2 Å². The highest BCUT2D eigenvalue weighted by molar-refractivity contribution is 7.80. The van der Waals surface area contributed by atoms with Crippen molar-refractivity contribution in [1.82, 2.24) is 0 Å². The average molecular weight is 269 g/mol. The molecule has 0 aromatic heterocycles. The summed E-state index contributed by atoms with van der Waals surface area (Å²) in [6.07, 6.45) is 1.74. The Kier molecular flexibility index (Phi) is 5.08. The molecule has 0 aliphatic carbocycles. The lowest BCUT2D eigenvalue weighted by Gasteiger charge is -2.22. The second-order valence-electron chi connectivity index (χ2n) is 5.11. The third kappa shape index (κ3) is 4.26. The quantitative estimate of drug-likeness (QED) is 0.633. The summed E-state index contributed by atoms with van der Waals surface area (Å²) in [5.41, 5.74) is 6.10. The Bertz CT molecular complexity index is 432. The second kappa shape index (κ2) is 6.14. The molecule has 100 valence electrons. The molecule has 1 rings (SSSR count). The van der Waals surface area contributed by atoms with Gasteiger partial charge in [-0.15, -0.1) is 0 Å². The lowest BCUT2D eigenvalue weighted by molar-refractivity contribution is 0.287. The molecule has 0 aliphatic rings. The molecule has 0 bridgehead atoms. The number of nitrogens with two attached hydrogens (primary N) is 1. The molecule has 4 heteroatoms. The Hall–Kier alpha value is -1.16. The molecule has 18 heavy (non-hydrogen) atoms. The highest BCUT2D eigenvalue weighted by Gasteiger charge is 2.20. The molecule has 0 saturated heterocycles. The number of halogens is 1. The zero-order valence-electron chi connectivity index (χ0n) is 11.1. The molecule has 0 amide bonds. The van der Waals surface area contributed by atoms with E-state index in [4.69, 9.17) is 22.7 Å². The average Bonchev–Trinajstić information content (AvgIpc) is 2.29.